The molecule has 0 aromatic rings. The van der Waals surface area contributed by atoms with Crippen molar-refractivity contribution in [1.82, 2.24) is 10.6 Å². The van der Waals surface area contributed by atoms with Crippen LogP contribution in [0.1, 0.15) is 12.8 Å². The van der Waals surface area contributed by atoms with Crippen LogP contribution in [0.25, 0.3) is 0 Å². The molecule has 1 fully saturated rings. The SMILES string of the molecule is O=C(NC(=O)C(F)(F)F)OCC1CC[C@H](COC(=O)NC(=O)C(F)(F)F)O1. The van der Waals surface area contributed by atoms with Crippen molar-refractivity contribution in [3.05, 3.63) is 0 Å². The van der Waals surface area contributed by atoms with E-state index >= 15 is 0 Å². The highest BCUT2D eigenvalue weighted by molar-refractivity contribution is 5.95. The van der Waals surface area contributed by atoms with Crippen molar-refractivity contribution in [1.29, 1.82) is 0 Å². The van der Waals surface area contributed by atoms with Gasteiger partial charge in [0, 0.05) is 0 Å². The molecular weight excluding hydrogens is 398 g/mol. The standard InChI is InChI=1S/C12H12F6N2O7/c13-11(14,15)7(21)19-9(23)25-3-5-1-2-6(27-5)4-26-10(24)20-8(22)12(16,17)18/h5-6H,1-4H2,(H,19,21,23)(H,20,22,24)/t5-,6?/m1/s1. The van der Waals surface area contributed by atoms with Crippen molar-refractivity contribution in [3.63, 3.8) is 0 Å². The largest absolute Gasteiger partial charge is 0.471 e. The third-order valence-electron chi connectivity index (χ3n) is 2.94. The van der Waals surface area contributed by atoms with Crippen molar-refractivity contribution < 1.29 is 59.7 Å². The Morgan fingerprint density at radius 1 is 0.778 bits per heavy atom. The van der Waals surface area contributed by atoms with Gasteiger partial charge in [0.05, 0.1) is 12.2 Å². The second-order valence-electron chi connectivity index (χ2n) is 5.06. The zero-order valence-electron chi connectivity index (χ0n) is 13.1. The molecule has 1 aliphatic heterocycles. The van der Waals surface area contributed by atoms with Crippen molar-refractivity contribution in [2.45, 2.75) is 37.4 Å². The Bertz CT molecular complexity index is 542. The molecule has 27 heavy (non-hydrogen) atoms. The number of halogens is 6. The molecule has 0 aromatic heterocycles. The van der Waals surface area contributed by atoms with Crippen LogP contribution in [0.3, 0.4) is 0 Å². The summed E-state index contributed by atoms with van der Waals surface area (Å²) in [6, 6.07) is 0. The van der Waals surface area contributed by atoms with Crippen LogP contribution in [0.4, 0.5) is 35.9 Å². The van der Waals surface area contributed by atoms with Crippen LogP contribution in [0, 0.1) is 0 Å². The minimum atomic E-state index is -5.26. The quantitative estimate of drug-likeness (QED) is 0.668. The third kappa shape index (κ3) is 8.10. The predicted molar refractivity (Wildman–Crippen MR) is 69.0 cm³/mol. The smallest absolute Gasteiger partial charge is 0.446 e. The summed E-state index contributed by atoms with van der Waals surface area (Å²) in [5, 5.41) is 1.89. The third-order valence-corrected chi connectivity index (χ3v) is 2.94. The Hall–Kier alpha value is -2.58. The number of amides is 4. The van der Waals surface area contributed by atoms with Gasteiger partial charge in [0.2, 0.25) is 0 Å². The average Bonchev–Trinajstić information content (AvgIpc) is 2.97. The molecule has 0 aliphatic carbocycles. The van der Waals surface area contributed by atoms with Gasteiger partial charge in [-0.05, 0) is 12.8 Å². The molecule has 0 spiro atoms. The first kappa shape index (κ1) is 22.5. The molecule has 1 aliphatic rings. The average molecular weight is 410 g/mol. The number of nitrogens with one attached hydrogen (secondary N) is 2. The molecule has 0 bridgehead atoms. The maximum absolute atomic E-state index is 11.9. The Morgan fingerprint density at radius 3 is 1.41 bits per heavy atom. The number of alkyl carbamates (subject to hydrolysis) is 2. The predicted octanol–water partition coefficient (Wildman–Crippen LogP) is 1.16. The first-order chi connectivity index (χ1) is 12.3. The van der Waals surface area contributed by atoms with Gasteiger partial charge in [-0.1, -0.05) is 0 Å². The highest BCUT2D eigenvalue weighted by Crippen LogP contribution is 2.21. The summed E-state index contributed by atoms with van der Waals surface area (Å²) >= 11 is 0. The summed E-state index contributed by atoms with van der Waals surface area (Å²) < 4.78 is 85.5. The van der Waals surface area contributed by atoms with E-state index < -0.39 is 61.8 Å². The topological polar surface area (TPSA) is 120 Å². The zero-order chi connectivity index (χ0) is 20.8. The zero-order valence-corrected chi connectivity index (χ0v) is 13.1. The Morgan fingerprint density at radius 2 is 1.11 bits per heavy atom. The molecule has 1 unspecified atom stereocenters. The number of alkyl halides is 6. The monoisotopic (exact) mass is 410 g/mol. The molecular formula is C12H12F6N2O7. The van der Waals surface area contributed by atoms with Crippen molar-refractivity contribution in [2.75, 3.05) is 13.2 Å². The Labute approximate surface area is 146 Å². The second-order valence-corrected chi connectivity index (χ2v) is 5.06. The van der Waals surface area contributed by atoms with E-state index in [9.17, 15) is 45.5 Å². The number of hydrogen-bond acceptors (Lipinski definition) is 7. The van der Waals surface area contributed by atoms with E-state index in [0.29, 0.717) is 0 Å². The van der Waals surface area contributed by atoms with E-state index in [-0.39, 0.29) is 12.8 Å². The minimum Gasteiger partial charge on any atom is -0.446 e. The summed E-state index contributed by atoms with van der Waals surface area (Å²) in [6.07, 6.45) is -15.0. The lowest BCUT2D eigenvalue weighted by molar-refractivity contribution is -0.172. The molecule has 154 valence electrons. The van der Waals surface area contributed by atoms with Crippen molar-refractivity contribution >= 4 is 24.0 Å². The lowest BCUT2D eigenvalue weighted by atomic mass is 10.2. The normalized spacial score (nSPS) is 19.9. The van der Waals surface area contributed by atoms with Gasteiger partial charge < -0.3 is 14.2 Å². The lowest BCUT2D eigenvalue weighted by Gasteiger charge is -2.15. The van der Waals surface area contributed by atoms with Crippen LogP contribution in [-0.2, 0) is 23.8 Å². The van der Waals surface area contributed by atoms with Gasteiger partial charge in [-0.25, -0.2) is 9.59 Å². The van der Waals surface area contributed by atoms with E-state index in [0.717, 1.165) is 10.6 Å². The number of rotatable bonds is 4. The fraction of sp³-hybridized carbons (Fsp3) is 0.667. The van der Waals surface area contributed by atoms with Crippen LogP contribution in [-0.4, -0.2) is 61.8 Å². The van der Waals surface area contributed by atoms with Crippen LogP contribution in [0.2, 0.25) is 0 Å². The van der Waals surface area contributed by atoms with E-state index in [1.54, 1.807) is 0 Å². The summed E-state index contributed by atoms with van der Waals surface area (Å²) in [7, 11) is 0. The maximum Gasteiger partial charge on any atom is 0.471 e. The molecule has 9 nitrogen and oxygen atoms in total. The number of imide groups is 2. The Balaban J connectivity index is 2.26. The van der Waals surface area contributed by atoms with E-state index in [1.165, 1.54) is 0 Å². The molecule has 1 rings (SSSR count). The molecule has 2 atom stereocenters. The highest BCUT2D eigenvalue weighted by atomic mass is 19.4. The summed E-state index contributed by atoms with van der Waals surface area (Å²) in [5.74, 6) is -5.02. The molecule has 1 saturated heterocycles. The molecule has 4 amide bonds. The second kappa shape index (κ2) is 8.88. The molecule has 0 radical (unpaired) electrons. The lowest BCUT2D eigenvalue weighted by Crippen LogP contribution is -2.41. The Kier molecular flexibility index (Phi) is 7.38. The number of carbonyl (C=O) groups is 4. The van der Waals surface area contributed by atoms with Crippen LogP contribution >= 0.6 is 0 Å². The van der Waals surface area contributed by atoms with Crippen molar-refractivity contribution in [3.8, 4) is 0 Å². The number of hydrogen-bond donors (Lipinski definition) is 2. The van der Waals surface area contributed by atoms with Gasteiger partial charge in [0.1, 0.15) is 13.2 Å². The van der Waals surface area contributed by atoms with Crippen molar-refractivity contribution in [2.24, 2.45) is 0 Å². The van der Waals surface area contributed by atoms with Crippen LogP contribution < -0.4 is 10.6 Å². The fourth-order valence-corrected chi connectivity index (χ4v) is 1.76. The van der Waals surface area contributed by atoms with Gasteiger partial charge in [0.15, 0.2) is 0 Å². The molecule has 1 heterocycles. The van der Waals surface area contributed by atoms with Gasteiger partial charge in [0.25, 0.3) is 0 Å². The number of carbonyl (C=O) groups excluding carboxylic acids is 4. The first-order valence-corrected chi connectivity index (χ1v) is 7.04. The van der Waals surface area contributed by atoms with E-state index in [4.69, 9.17) is 4.74 Å². The van der Waals surface area contributed by atoms with E-state index in [1.807, 2.05) is 0 Å². The van der Waals surface area contributed by atoms with Gasteiger partial charge in [-0.3, -0.25) is 20.2 Å². The summed E-state index contributed by atoms with van der Waals surface area (Å²) in [4.78, 5) is 43.0. The molecule has 0 aromatic carbocycles. The van der Waals surface area contributed by atoms with E-state index in [2.05, 4.69) is 9.47 Å². The van der Waals surface area contributed by atoms with Gasteiger partial charge >= 0.3 is 36.4 Å². The summed E-state index contributed by atoms with van der Waals surface area (Å²) in [6.45, 7) is -1.04. The first-order valence-electron chi connectivity index (χ1n) is 7.04. The maximum atomic E-state index is 11.9. The van der Waals surface area contributed by atoms with Gasteiger partial charge in [-0.15, -0.1) is 0 Å². The molecule has 0 saturated carbocycles. The van der Waals surface area contributed by atoms with Gasteiger partial charge in [-0.2, -0.15) is 26.3 Å². The minimum absolute atomic E-state index is 0.220. The van der Waals surface area contributed by atoms with Crippen LogP contribution in [0.15, 0.2) is 0 Å². The number of ether oxygens (including phenoxy) is 3. The summed E-state index contributed by atoms with van der Waals surface area (Å²) in [5.41, 5.74) is 0. The van der Waals surface area contributed by atoms with Crippen LogP contribution in [0.5, 0.6) is 0 Å². The highest BCUT2D eigenvalue weighted by Gasteiger charge is 2.41. The molecule has 15 heteroatoms. The molecule has 2 N–H and O–H groups in total. The fourth-order valence-electron chi connectivity index (χ4n) is 1.76.